The topological polar surface area (TPSA) is 50.2 Å². The molecule has 1 aromatic rings. The third-order valence-corrected chi connectivity index (χ3v) is 3.06. The standard InChI is InChI=1S/C7H5Cl2NO2S/c1-13-5-3(7(11)12)2-10-6(9)4(5)8/h2H,1H3,(H,11,12). The Kier molecular flexibility index (Phi) is 3.41. The molecule has 0 bridgehead atoms. The lowest BCUT2D eigenvalue weighted by Gasteiger charge is -2.05. The van der Waals surface area contributed by atoms with Crippen LogP contribution in [0, 0.1) is 0 Å². The number of carbonyl (C=O) groups is 1. The van der Waals surface area contributed by atoms with E-state index in [-0.39, 0.29) is 15.7 Å². The van der Waals surface area contributed by atoms with E-state index < -0.39 is 5.97 Å². The minimum absolute atomic E-state index is 0.0712. The van der Waals surface area contributed by atoms with Gasteiger partial charge in [-0.2, -0.15) is 0 Å². The first kappa shape index (κ1) is 10.6. The molecule has 0 radical (unpaired) electrons. The molecule has 1 heterocycles. The van der Waals surface area contributed by atoms with Crippen LogP contribution in [0.25, 0.3) is 0 Å². The zero-order chi connectivity index (χ0) is 10.0. The average molecular weight is 238 g/mol. The number of aromatic carboxylic acids is 1. The summed E-state index contributed by atoms with van der Waals surface area (Å²) in [5.41, 5.74) is 0.0712. The number of carboxylic acid groups (broad SMARTS) is 1. The largest absolute Gasteiger partial charge is 0.478 e. The van der Waals surface area contributed by atoms with E-state index in [1.54, 1.807) is 6.26 Å². The van der Waals surface area contributed by atoms with E-state index in [1.807, 2.05) is 0 Å². The van der Waals surface area contributed by atoms with Gasteiger partial charge in [-0.05, 0) is 6.26 Å². The minimum atomic E-state index is -1.06. The molecule has 6 heteroatoms. The lowest BCUT2D eigenvalue weighted by atomic mass is 10.3. The molecule has 0 saturated carbocycles. The van der Waals surface area contributed by atoms with Gasteiger partial charge in [0.15, 0.2) is 0 Å². The molecule has 3 nitrogen and oxygen atoms in total. The highest BCUT2D eigenvalue weighted by Gasteiger charge is 2.15. The normalized spacial score (nSPS) is 10.1. The van der Waals surface area contributed by atoms with Gasteiger partial charge in [0.05, 0.1) is 10.6 Å². The molecule has 0 amide bonds. The summed E-state index contributed by atoms with van der Waals surface area (Å²) in [7, 11) is 0. The lowest BCUT2D eigenvalue weighted by molar-refractivity contribution is 0.0692. The van der Waals surface area contributed by atoms with Gasteiger partial charge < -0.3 is 5.11 Å². The smallest absolute Gasteiger partial charge is 0.338 e. The first-order valence-electron chi connectivity index (χ1n) is 3.19. The predicted molar refractivity (Wildman–Crippen MR) is 53.0 cm³/mol. The number of hydrogen-bond donors (Lipinski definition) is 1. The monoisotopic (exact) mass is 237 g/mol. The molecule has 0 unspecified atom stereocenters. The molecule has 1 rings (SSSR count). The van der Waals surface area contributed by atoms with Crippen LogP contribution in [-0.4, -0.2) is 22.3 Å². The van der Waals surface area contributed by atoms with E-state index in [4.69, 9.17) is 28.3 Å². The Morgan fingerprint density at radius 2 is 2.23 bits per heavy atom. The van der Waals surface area contributed by atoms with Crippen molar-refractivity contribution in [2.75, 3.05) is 6.26 Å². The summed E-state index contributed by atoms with van der Waals surface area (Å²) in [6, 6.07) is 0. The Hall–Kier alpha value is -0.450. The highest BCUT2D eigenvalue weighted by molar-refractivity contribution is 7.98. The maximum Gasteiger partial charge on any atom is 0.338 e. The number of hydrogen-bond acceptors (Lipinski definition) is 3. The summed E-state index contributed by atoms with van der Waals surface area (Å²) in [5, 5.41) is 9.07. The first-order chi connectivity index (χ1) is 6.07. The van der Waals surface area contributed by atoms with Crippen molar-refractivity contribution in [1.29, 1.82) is 0 Å². The van der Waals surface area contributed by atoms with Crippen LogP contribution >= 0.6 is 35.0 Å². The van der Waals surface area contributed by atoms with Crippen molar-refractivity contribution in [3.05, 3.63) is 21.9 Å². The second-order valence-corrected chi connectivity index (χ2v) is 3.67. The minimum Gasteiger partial charge on any atom is -0.478 e. The van der Waals surface area contributed by atoms with Crippen LogP contribution in [0.3, 0.4) is 0 Å². The molecular weight excluding hydrogens is 233 g/mol. The van der Waals surface area contributed by atoms with Gasteiger partial charge in [0.25, 0.3) is 0 Å². The van der Waals surface area contributed by atoms with Crippen LogP contribution in [0.1, 0.15) is 10.4 Å². The number of thioether (sulfide) groups is 1. The van der Waals surface area contributed by atoms with Crippen LogP contribution in [-0.2, 0) is 0 Å². The van der Waals surface area contributed by atoms with Gasteiger partial charge in [-0.15, -0.1) is 11.8 Å². The summed E-state index contributed by atoms with van der Waals surface area (Å²) in [6.45, 7) is 0. The van der Waals surface area contributed by atoms with Crippen LogP contribution in [0.2, 0.25) is 10.2 Å². The predicted octanol–water partition coefficient (Wildman–Crippen LogP) is 2.81. The molecule has 0 aliphatic rings. The lowest BCUT2D eigenvalue weighted by Crippen LogP contribution is -2.00. The van der Waals surface area contributed by atoms with Crippen LogP contribution in [0.5, 0.6) is 0 Å². The molecule has 0 spiro atoms. The van der Waals surface area contributed by atoms with Gasteiger partial charge >= 0.3 is 5.97 Å². The van der Waals surface area contributed by atoms with Gasteiger partial charge in [0.2, 0.25) is 0 Å². The third kappa shape index (κ3) is 2.07. The molecule has 1 N–H and O–H groups in total. The molecule has 0 atom stereocenters. The summed E-state index contributed by atoms with van der Waals surface area (Å²) >= 11 is 12.6. The van der Waals surface area contributed by atoms with Crippen molar-refractivity contribution in [1.82, 2.24) is 4.98 Å². The first-order valence-corrected chi connectivity index (χ1v) is 5.17. The third-order valence-electron chi connectivity index (χ3n) is 1.37. The summed E-state index contributed by atoms with van der Waals surface area (Å²) in [4.78, 5) is 14.8. The number of rotatable bonds is 2. The molecular formula is C7H5Cl2NO2S. The fraction of sp³-hybridized carbons (Fsp3) is 0.143. The Morgan fingerprint density at radius 3 is 2.69 bits per heavy atom. The molecule has 0 aromatic carbocycles. The van der Waals surface area contributed by atoms with Crippen LogP contribution < -0.4 is 0 Å². The Labute approximate surface area is 89.1 Å². The summed E-state index contributed by atoms with van der Waals surface area (Å²) in [5.74, 6) is -1.06. The van der Waals surface area contributed by atoms with Gasteiger partial charge in [-0.1, -0.05) is 23.2 Å². The number of pyridine rings is 1. The molecule has 0 aliphatic carbocycles. The van der Waals surface area contributed by atoms with Gasteiger partial charge in [0, 0.05) is 11.1 Å². The van der Waals surface area contributed by atoms with E-state index in [0.29, 0.717) is 4.90 Å². The highest BCUT2D eigenvalue weighted by atomic mass is 35.5. The van der Waals surface area contributed by atoms with E-state index in [9.17, 15) is 4.79 Å². The number of aromatic nitrogens is 1. The molecule has 0 saturated heterocycles. The number of nitrogens with zero attached hydrogens (tertiary/aromatic N) is 1. The zero-order valence-electron chi connectivity index (χ0n) is 6.54. The molecule has 0 fully saturated rings. The van der Waals surface area contributed by atoms with E-state index >= 15 is 0 Å². The number of carboxylic acids is 1. The molecule has 1 aromatic heterocycles. The summed E-state index contributed by atoms with van der Waals surface area (Å²) < 4.78 is 0. The average Bonchev–Trinajstić information content (AvgIpc) is 2.09. The molecule has 13 heavy (non-hydrogen) atoms. The zero-order valence-corrected chi connectivity index (χ0v) is 8.87. The van der Waals surface area contributed by atoms with E-state index in [2.05, 4.69) is 4.98 Å². The SMILES string of the molecule is CSc1c(C(=O)O)cnc(Cl)c1Cl. The fourth-order valence-corrected chi connectivity index (χ4v) is 2.02. The maximum absolute atomic E-state index is 10.7. The Morgan fingerprint density at radius 1 is 1.62 bits per heavy atom. The summed E-state index contributed by atoms with van der Waals surface area (Å²) in [6.07, 6.45) is 2.92. The van der Waals surface area contributed by atoms with Crippen LogP contribution in [0.4, 0.5) is 0 Å². The van der Waals surface area contributed by atoms with Gasteiger partial charge in [-0.25, -0.2) is 9.78 Å². The Balaban J connectivity index is 3.38. The quantitative estimate of drug-likeness (QED) is 0.635. The van der Waals surface area contributed by atoms with Crippen molar-refractivity contribution in [2.45, 2.75) is 4.90 Å². The van der Waals surface area contributed by atoms with Crippen molar-refractivity contribution < 1.29 is 9.90 Å². The van der Waals surface area contributed by atoms with Gasteiger partial charge in [-0.3, -0.25) is 0 Å². The number of halogens is 2. The fourth-order valence-electron chi connectivity index (χ4n) is 0.800. The van der Waals surface area contributed by atoms with E-state index in [0.717, 1.165) is 0 Å². The van der Waals surface area contributed by atoms with Crippen molar-refractivity contribution in [3.63, 3.8) is 0 Å². The highest BCUT2D eigenvalue weighted by Crippen LogP contribution is 2.33. The molecule has 70 valence electrons. The maximum atomic E-state index is 10.7. The van der Waals surface area contributed by atoms with Crippen LogP contribution in [0.15, 0.2) is 11.1 Å². The second kappa shape index (κ2) is 4.17. The van der Waals surface area contributed by atoms with Crippen molar-refractivity contribution in [2.24, 2.45) is 0 Å². The molecule has 0 aliphatic heterocycles. The Bertz CT molecular complexity index is 357. The van der Waals surface area contributed by atoms with E-state index in [1.165, 1.54) is 18.0 Å². The second-order valence-electron chi connectivity index (χ2n) is 2.12. The van der Waals surface area contributed by atoms with Crippen molar-refractivity contribution >= 4 is 40.9 Å². The van der Waals surface area contributed by atoms with Crippen molar-refractivity contribution in [3.8, 4) is 0 Å². The van der Waals surface area contributed by atoms with Gasteiger partial charge in [0.1, 0.15) is 5.15 Å².